The molecule has 0 saturated heterocycles. The largest absolute Gasteiger partial charge is 0.504 e. The Kier molecular flexibility index (Phi) is 3.67. The van der Waals surface area contributed by atoms with Gasteiger partial charge in [-0.25, -0.2) is 0 Å². The van der Waals surface area contributed by atoms with E-state index in [9.17, 15) is 9.90 Å². The first-order valence-corrected chi connectivity index (χ1v) is 6.09. The van der Waals surface area contributed by atoms with E-state index in [0.717, 1.165) is 37.7 Å². The Morgan fingerprint density at radius 3 is 2.94 bits per heavy atom. The predicted octanol–water partition coefficient (Wildman–Crippen LogP) is 2.70. The van der Waals surface area contributed by atoms with E-state index in [4.69, 9.17) is 4.74 Å². The first-order valence-electron chi connectivity index (χ1n) is 6.09. The molecule has 17 heavy (non-hydrogen) atoms. The Morgan fingerprint density at radius 2 is 2.24 bits per heavy atom. The Morgan fingerprint density at radius 1 is 1.41 bits per heavy atom. The van der Waals surface area contributed by atoms with Gasteiger partial charge in [0.15, 0.2) is 11.5 Å². The van der Waals surface area contributed by atoms with Gasteiger partial charge in [0.2, 0.25) is 0 Å². The average Bonchev–Trinajstić information content (AvgIpc) is 2.34. The van der Waals surface area contributed by atoms with E-state index in [1.54, 1.807) is 6.07 Å². The van der Waals surface area contributed by atoms with Crippen molar-refractivity contribution in [2.24, 2.45) is 5.92 Å². The first kappa shape index (κ1) is 12.0. The van der Waals surface area contributed by atoms with Crippen molar-refractivity contribution in [3.05, 3.63) is 23.8 Å². The Labute approximate surface area is 101 Å². The highest BCUT2D eigenvalue weighted by atomic mass is 16.5. The van der Waals surface area contributed by atoms with Crippen LogP contribution in [0.25, 0.3) is 0 Å². The Bertz CT molecular complexity index is 412. The van der Waals surface area contributed by atoms with Crippen molar-refractivity contribution in [3.8, 4) is 11.5 Å². The third kappa shape index (κ3) is 2.78. The summed E-state index contributed by atoms with van der Waals surface area (Å²) in [5.74, 6) is 1.15. The molecular weight excluding hydrogens is 216 g/mol. The molecule has 1 aliphatic carbocycles. The molecule has 2 rings (SSSR count). The molecule has 1 saturated carbocycles. The third-order valence-electron chi connectivity index (χ3n) is 3.41. The number of carbonyl (C=O) groups excluding carboxylic acids is 1. The van der Waals surface area contributed by atoms with Crippen molar-refractivity contribution >= 4 is 5.78 Å². The quantitative estimate of drug-likeness (QED) is 0.874. The first-order chi connectivity index (χ1) is 8.20. The normalized spacial score (nSPS) is 20.3. The van der Waals surface area contributed by atoms with Crippen molar-refractivity contribution < 1.29 is 14.6 Å². The van der Waals surface area contributed by atoms with Gasteiger partial charge < -0.3 is 9.84 Å². The minimum Gasteiger partial charge on any atom is -0.504 e. The summed E-state index contributed by atoms with van der Waals surface area (Å²) in [6, 6.07) is 5.30. The van der Waals surface area contributed by atoms with Crippen LogP contribution in [0.4, 0.5) is 0 Å². The van der Waals surface area contributed by atoms with Crippen LogP contribution in [0.5, 0.6) is 11.5 Å². The van der Waals surface area contributed by atoms with Crippen LogP contribution in [-0.2, 0) is 11.2 Å². The Hall–Kier alpha value is -1.51. The molecule has 1 unspecified atom stereocenters. The molecule has 1 fully saturated rings. The van der Waals surface area contributed by atoms with Gasteiger partial charge >= 0.3 is 0 Å². The number of Topliss-reactive ketones (excluding diaryl/α,β-unsaturated/α-hetero) is 1. The zero-order valence-electron chi connectivity index (χ0n) is 10.1. The molecule has 0 amide bonds. The third-order valence-corrected chi connectivity index (χ3v) is 3.41. The Balaban J connectivity index is 2.10. The van der Waals surface area contributed by atoms with E-state index in [0.29, 0.717) is 11.5 Å². The second kappa shape index (κ2) is 5.21. The molecule has 1 aliphatic rings. The molecule has 0 aromatic heterocycles. The number of ketones is 1. The molecule has 1 N–H and O–H groups in total. The molecule has 0 spiro atoms. The predicted molar refractivity (Wildman–Crippen MR) is 65.3 cm³/mol. The van der Waals surface area contributed by atoms with Gasteiger partial charge in [-0.05, 0) is 37.0 Å². The minimum atomic E-state index is 0.145. The molecule has 0 bridgehead atoms. The van der Waals surface area contributed by atoms with Gasteiger partial charge in [-0.15, -0.1) is 0 Å². The van der Waals surface area contributed by atoms with Crippen LogP contribution in [0.3, 0.4) is 0 Å². The van der Waals surface area contributed by atoms with Crippen LogP contribution in [-0.4, -0.2) is 18.0 Å². The summed E-state index contributed by atoms with van der Waals surface area (Å²) in [5.41, 5.74) is 1.06. The standard InChI is InChI=1S/C14H18O3/c1-17-14-9-10(6-7-13(14)16)8-11-4-2-3-5-12(11)15/h6-7,9,11,16H,2-5,8H2,1H3. The monoisotopic (exact) mass is 234 g/mol. The maximum Gasteiger partial charge on any atom is 0.160 e. The van der Waals surface area contributed by atoms with Gasteiger partial charge in [0.05, 0.1) is 7.11 Å². The zero-order chi connectivity index (χ0) is 12.3. The summed E-state index contributed by atoms with van der Waals surface area (Å²) in [6.45, 7) is 0. The number of hydrogen-bond acceptors (Lipinski definition) is 3. The van der Waals surface area contributed by atoms with Gasteiger partial charge in [0.1, 0.15) is 5.78 Å². The molecule has 3 nitrogen and oxygen atoms in total. The van der Waals surface area contributed by atoms with E-state index in [1.807, 2.05) is 12.1 Å². The highest BCUT2D eigenvalue weighted by molar-refractivity contribution is 5.81. The fourth-order valence-electron chi connectivity index (χ4n) is 2.40. The van der Waals surface area contributed by atoms with Gasteiger partial charge in [-0.2, -0.15) is 0 Å². The molecule has 1 aromatic rings. The molecule has 0 aliphatic heterocycles. The smallest absolute Gasteiger partial charge is 0.160 e. The van der Waals surface area contributed by atoms with E-state index in [1.165, 1.54) is 7.11 Å². The van der Waals surface area contributed by atoms with Crippen LogP contribution < -0.4 is 4.74 Å². The fraction of sp³-hybridized carbons (Fsp3) is 0.500. The number of aromatic hydroxyl groups is 1. The molecule has 3 heteroatoms. The number of rotatable bonds is 3. The lowest BCUT2D eigenvalue weighted by Gasteiger charge is -2.20. The van der Waals surface area contributed by atoms with Crippen LogP contribution in [0.2, 0.25) is 0 Å². The fourth-order valence-corrected chi connectivity index (χ4v) is 2.40. The lowest BCUT2D eigenvalue weighted by molar-refractivity contribution is -0.124. The summed E-state index contributed by atoms with van der Waals surface area (Å²) >= 11 is 0. The van der Waals surface area contributed by atoms with Gasteiger partial charge in [-0.1, -0.05) is 12.5 Å². The number of hydrogen-bond donors (Lipinski definition) is 1. The summed E-state index contributed by atoms with van der Waals surface area (Å²) in [5, 5.41) is 9.50. The summed E-state index contributed by atoms with van der Waals surface area (Å²) < 4.78 is 5.07. The van der Waals surface area contributed by atoms with E-state index in [-0.39, 0.29) is 11.7 Å². The van der Waals surface area contributed by atoms with Crippen molar-refractivity contribution in [2.45, 2.75) is 32.1 Å². The zero-order valence-corrected chi connectivity index (χ0v) is 10.1. The van der Waals surface area contributed by atoms with Crippen molar-refractivity contribution in [1.29, 1.82) is 0 Å². The number of ether oxygens (including phenoxy) is 1. The van der Waals surface area contributed by atoms with E-state index >= 15 is 0 Å². The number of benzene rings is 1. The SMILES string of the molecule is COc1cc(CC2CCCCC2=O)ccc1O. The molecular formula is C14H18O3. The molecule has 1 atom stereocenters. The van der Waals surface area contributed by atoms with Crippen molar-refractivity contribution in [3.63, 3.8) is 0 Å². The highest BCUT2D eigenvalue weighted by Gasteiger charge is 2.22. The highest BCUT2D eigenvalue weighted by Crippen LogP contribution is 2.29. The van der Waals surface area contributed by atoms with E-state index < -0.39 is 0 Å². The van der Waals surface area contributed by atoms with Gasteiger partial charge in [-0.3, -0.25) is 4.79 Å². The van der Waals surface area contributed by atoms with Crippen molar-refractivity contribution in [2.75, 3.05) is 7.11 Å². The van der Waals surface area contributed by atoms with Crippen LogP contribution >= 0.6 is 0 Å². The van der Waals surface area contributed by atoms with E-state index in [2.05, 4.69) is 0 Å². The lowest BCUT2D eigenvalue weighted by atomic mass is 9.84. The summed E-state index contributed by atoms with van der Waals surface area (Å²) in [7, 11) is 1.53. The second-order valence-electron chi connectivity index (χ2n) is 4.62. The van der Waals surface area contributed by atoms with Gasteiger partial charge in [0, 0.05) is 12.3 Å². The number of carbonyl (C=O) groups is 1. The molecule has 1 aromatic carbocycles. The topological polar surface area (TPSA) is 46.5 Å². The van der Waals surface area contributed by atoms with Crippen LogP contribution in [0.15, 0.2) is 18.2 Å². The molecule has 0 heterocycles. The maximum absolute atomic E-state index is 11.7. The van der Waals surface area contributed by atoms with Crippen LogP contribution in [0, 0.1) is 5.92 Å². The summed E-state index contributed by atoms with van der Waals surface area (Å²) in [6.07, 6.45) is 4.65. The number of methoxy groups -OCH3 is 1. The minimum absolute atomic E-state index is 0.145. The average molecular weight is 234 g/mol. The number of phenolic OH excluding ortho intramolecular Hbond substituents is 1. The van der Waals surface area contributed by atoms with Crippen LogP contribution in [0.1, 0.15) is 31.2 Å². The van der Waals surface area contributed by atoms with Crippen molar-refractivity contribution in [1.82, 2.24) is 0 Å². The lowest BCUT2D eigenvalue weighted by Crippen LogP contribution is -2.21. The summed E-state index contributed by atoms with van der Waals surface area (Å²) in [4.78, 5) is 11.7. The second-order valence-corrected chi connectivity index (χ2v) is 4.62. The number of phenols is 1. The van der Waals surface area contributed by atoms with Gasteiger partial charge in [0.25, 0.3) is 0 Å². The molecule has 0 radical (unpaired) electrons. The maximum atomic E-state index is 11.7. The molecule has 92 valence electrons.